The summed E-state index contributed by atoms with van der Waals surface area (Å²) < 4.78 is 0.895. The summed E-state index contributed by atoms with van der Waals surface area (Å²) in [4.78, 5) is 15.7. The van der Waals surface area contributed by atoms with E-state index in [0.29, 0.717) is 12.2 Å². The molecule has 1 aromatic heterocycles. The molecular weight excluding hydrogens is 298 g/mol. The second kappa shape index (κ2) is 7.33. The van der Waals surface area contributed by atoms with Gasteiger partial charge < -0.3 is 10.4 Å². The number of aliphatic hydroxyl groups is 1. The fourth-order valence-corrected chi connectivity index (χ4v) is 1.64. The van der Waals surface area contributed by atoms with Crippen molar-refractivity contribution in [3.8, 4) is 0 Å². The van der Waals surface area contributed by atoms with Gasteiger partial charge in [0.25, 0.3) is 0 Å². The van der Waals surface area contributed by atoms with Crippen LogP contribution in [0.4, 0.5) is 10.6 Å². The number of amides is 2. The Hall–Kier alpha value is -1.14. The van der Waals surface area contributed by atoms with Crippen molar-refractivity contribution in [2.24, 2.45) is 0 Å². The third-order valence-electron chi connectivity index (χ3n) is 2.38. The number of hydrogen-bond acceptors (Lipinski definition) is 3. The molecule has 0 unspecified atom stereocenters. The first kappa shape index (κ1) is 14.9. The molecule has 0 aliphatic carbocycles. The summed E-state index contributed by atoms with van der Waals surface area (Å²) in [6.45, 7) is 4.07. The number of nitrogens with zero attached hydrogens (tertiary/aromatic N) is 1. The molecule has 0 saturated carbocycles. The van der Waals surface area contributed by atoms with Crippen molar-refractivity contribution in [3.63, 3.8) is 0 Å². The zero-order chi connectivity index (χ0) is 13.5. The van der Waals surface area contributed by atoms with Crippen molar-refractivity contribution in [1.29, 1.82) is 0 Å². The van der Waals surface area contributed by atoms with Crippen LogP contribution in [0.5, 0.6) is 0 Å². The average Bonchev–Trinajstić information content (AvgIpc) is 2.32. The molecule has 18 heavy (non-hydrogen) atoms. The standard InChI is InChI=1S/C12H18BrN3O2/c1-3-4-9(17)7-14-12(18)16-11-6-5-10(13)8(2)15-11/h5-6,9,17H,3-4,7H2,1-2H3,(H2,14,15,16,18)/t9-/m0/s1. The molecule has 0 aliphatic heterocycles. The minimum absolute atomic E-state index is 0.245. The van der Waals surface area contributed by atoms with Crippen LogP contribution in [0.1, 0.15) is 25.5 Å². The van der Waals surface area contributed by atoms with Gasteiger partial charge in [-0.15, -0.1) is 0 Å². The Morgan fingerprint density at radius 2 is 2.28 bits per heavy atom. The summed E-state index contributed by atoms with van der Waals surface area (Å²) >= 11 is 3.34. The predicted molar refractivity (Wildman–Crippen MR) is 74.6 cm³/mol. The maximum absolute atomic E-state index is 11.5. The number of carbonyl (C=O) groups is 1. The van der Waals surface area contributed by atoms with E-state index < -0.39 is 6.10 Å². The van der Waals surface area contributed by atoms with Crippen molar-refractivity contribution in [3.05, 3.63) is 22.3 Å². The quantitative estimate of drug-likeness (QED) is 0.781. The van der Waals surface area contributed by atoms with Crippen LogP contribution in [0, 0.1) is 6.92 Å². The van der Waals surface area contributed by atoms with Gasteiger partial charge in [-0.25, -0.2) is 9.78 Å². The number of anilines is 1. The van der Waals surface area contributed by atoms with Crippen LogP contribution in [0.25, 0.3) is 0 Å². The molecule has 0 bridgehead atoms. The Morgan fingerprint density at radius 3 is 2.89 bits per heavy atom. The highest BCUT2D eigenvalue weighted by Gasteiger charge is 2.07. The summed E-state index contributed by atoms with van der Waals surface area (Å²) in [5.74, 6) is 0.484. The maximum atomic E-state index is 11.5. The first-order valence-corrected chi connectivity index (χ1v) is 6.68. The van der Waals surface area contributed by atoms with E-state index in [2.05, 4.69) is 31.5 Å². The van der Waals surface area contributed by atoms with Gasteiger partial charge in [0.15, 0.2) is 0 Å². The van der Waals surface area contributed by atoms with Crippen molar-refractivity contribution in [2.45, 2.75) is 32.8 Å². The number of aliphatic hydroxyl groups excluding tert-OH is 1. The van der Waals surface area contributed by atoms with Crippen LogP contribution in [0.15, 0.2) is 16.6 Å². The lowest BCUT2D eigenvalue weighted by Crippen LogP contribution is -2.35. The zero-order valence-corrected chi connectivity index (χ0v) is 12.1. The molecule has 0 fully saturated rings. The molecular formula is C12H18BrN3O2. The summed E-state index contributed by atoms with van der Waals surface area (Å²) in [7, 11) is 0. The smallest absolute Gasteiger partial charge is 0.320 e. The number of nitrogens with one attached hydrogen (secondary N) is 2. The van der Waals surface area contributed by atoms with Gasteiger partial charge in [0.05, 0.1) is 11.8 Å². The third kappa shape index (κ3) is 5.01. The molecule has 1 atom stereocenters. The van der Waals surface area contributed by atoms with Gasteiger partial charge in [0.2, 0.25) is 0 Å². The fraction of sp³-hybridized carbons (Fsp3) is 0.500. The Morgan fingerprint density at radius 1 is 1.56 bits per heavy atom. The minimum Gasteiger partial charge on any atom is -0.391 e. The lowest BCUT2D eigenvalue weighted by atomic mass is 10.2. The topological polar surface area (TPSA) is 74.2 Å². The first-order chi connectivity index (χ1) is 8.52. The van der Waals surface area contributed by atoms with Gasteiger partial charge >= 0.3 is 6.03 Å². The lowest BCUT2D eigenvalue weighted by Gasteiger charge is -2.11. The Kier molecular flexibility index (Phi) is 6.07. The van der Waals surface area contributed by atoms with Crippen LogP contribution in [-0.2, 0) is 0 Å². The number of rotatable bonds is 5. The largest absolute Gasteiger partial charge is 0.391 e. The molecule has 1 aromatic rings. The number of aryl methyl sites for hydroxylation is 1. The van der Waals surface area contributed by atoms with Crippen LogP contribution in [0.3, 0.4) is 0 Å². The molecule has 2 amide bonds. The van der Waals surface area contributed by atoms with E-state index in [1.165, 1.54) is 0 Å². The maximum Gasteiger partial charge on any atom is 0.320 e. The van der Waals surface area contributed by atoms with Gasteiger partial charge in [0, 0.05) is 11.0 Å². The van der Waals surface area contributed by atoms with Crippen molar-refractivity contribution in [2.75, 3.05) is 11.9 Å². The van der Waals surface area contributed by atoms with Crippen molar-refractivity contribution < 1.29 is 9.90 Å². The molecule has 5 nitrogen and oxygen atoms in total. The molecule has 3 N–H and O–H groups in total. The van der Waals surface area contributed by atoms with E-state index in [9.17, 15) is 9.90 Å². The molecule has 0 radical (unpaired) electrons. The van der Waals surface area contributed by atoms with Gasteiger partial charge in [-0.3, -0.25) is 5.32 Å². The van der Waals surface area contributed by atoms with Gasteiger partial charge in [-0.2, -0.15) is 0 Å². The number of halogens is 1. The Labute approximate surface area is 115 Å². The van der Waals surface area contributed by atoms with E-state index in [-0.39, 0.29) is 12.6 Å². The van der Waals surface area contributed by atoms with E-state index in [0.717, 1.165) is 16.6 Å². The molecule has 0 spiro atoms. The number of urea groups is 1. The minimum atomic E-state index is -0.500. The Bertz CT molecular complexity index is 412. The summed E-state index contributed by atoms with van der Waals surface area (Å²) in [6.07, 6.45) is 1.06. The number of hydrogen-bond donors (Lipinski definition) is 3. The predicted octanol–water partition coefficient (Wildman–Crippen LogP) is 2.44. The van der Waals surface area contributed by atoms with Crippen LogP contribution in [-0.4, -0.2) is 28.8 Å². The number of pyridine rings is 1. The second-order valence-corrected chi connectivity index (χ2v) is 4.90. The van der Waals surface area contributed by atoms with Gasteiger partial charge in [-0.1, -0.05) is 13.3 Å². The van der Waals surface area contributed by atoms with Crippen molar-refractivity contribution >= 4 is 27.8 Å². The summed E-state index contributed by atoms with van der Waals surface area (Å²) in [5.41, 5.74) is 0.804. The van der Waals surface area contributed by atoms with Crippen LogP contribution < -0.4 is 10.6 Å². The summed E-state index contributed by atoms with van der Waals surface area (Å²) in [5, 5.41) is 14.7. The SMILES string of the molecule is CCC[C@H](O)CNC(=O)Nc1ccc(Br)c(C)n1. The Balaban J connectivity index is 2.42. The molecule has 0 aromatic carbocycles. The molecule has 100 valence electrons. The van der Waals surface area contributed by atoms with E-state index in [1.54, 1.807) is 6.07 Å². The molecule has 0 aliphatic rings. The van der Waals surface area contributed by atoms with E-state index in [4.69, 9.17) is 0 Å². The normalized spacial score (nSPS) is 12.0. The lowest BCUT2D eigenvalue weighted by molar-refractivity contribution is 0.162. The monoisotopic (exact) mass is 315 g/mol. The van der Waals surface area contributed by atoms with E-state index >= 15 is 0 Å². The summed E-state index contributed by atoms with van der Waals surface area (Å²) in [6, 6.07) is 3.17. The van der Waals surface area contributed by atoms with Gasteiger partial charge in [-0.05, 0) is 41.4 Å². The fourth-order valence-electron chi connectivity index (χ4n) is 1.42. The van der Waals surface area contributed by atoms with Crippen molar-refractivity contribution in [1.82, 2.24) is 10.3 Å². The molecule has 1 heterocycles. The number of carbonyl (C=O) groups excluding carboxylic acids is 1. The molecule has 0 saturated heterocycles. The first-order valence-electron chi connectivity index (χ1n) is 5.89. The third-order valence-corrected chi connectivity index (χ3v) is 3.22. The van der Waals surface area contributed by atoms with Crippen LogP contribution >= 0.6 is 15.9 Å². The van der Waals surface area contributed by atoms with E-state index in [1.807, 2.05) is 19.9 Å². The molecule has 1 rings (SSSR count). The average molecular weight is 316 g/mol. The second-order valence-electron chi connectivity index (χ2n) is 4.04. The zero-order valence-electron chi connectivity index (χ0n) is 10.5. The van der Waals surface area contributed by atoms with Crippen LogP contribution in [0.2, 0.25) is 0 Å². The van der Waals surface area contributed by atoms with Gasteiger partial charge in [0.1, 0.15) is 5.82 Å². The molecule has 6 heteroatoms. The number of aromatic nitrogens is 1. The highest BCUT2D eigenvalue weighted by molar-refractivity contribution is 9.10. The highest BCUT2D eigenvalue weighted by Crippen LogP contribution is 2.15. The highest BCUT2D eigenvalue weighted by atomic mass is 79.9.